The Labute approximate surface area is 196 Å². The molecule has 1 unspecified atom stereocenters. The van der Waals surface area contributed by atoms with E-state index in [4.69, 9.17) is 19.3 Å². The second-order valence-electron chi connectivity index (χ2n) is 8.34. The highest BCUT2D eigenvalue weighted by Crippen LogP contribution is 2.10. The van der Waals surface area contributed by atoms with E-state index < -0.39 is 6.10 Å². The monoisotopic (exact) mass is 458 g/mol. The predicted molar refractivity (Wildman–Crippen MR) is 130 cm³/mol. The Morgan fingerprint density at radius 2 is 1.22 bits per heavy atom. The second kappa shape index (κ2) is 26.5. The molecule has 0 saturated carbocycles. The first kappa shape index (κ1) is 31.2. The zero-order chi connectivity index (χ0) is 23.5. The molecule has 0 aromatic rings. The quantitative estimate of drug-likeness (QED) is 0.140. The van der Waals surface area contributed by atoms with Crippen molar-refractivity contribution >= 4 is 5.78 Å². The molecule has 0 rings (SSSR count). The molecule has 0 aliphatic heterocycles. The lowest BCUT2D eigenvalue weighted by Gasteiger charge is -2.11. The zero-order valence-corrected chi connectivity index (χ0v) is 20.6. The van der Waals surface area contributed by atoms with E-state index in [1.165, 1.54) is 57.8 Å². The number of ether oxygens (including phenoxy) is 3. The molecule has 0 fully saturated rings. The molecule has 0 aromatic carbocycles. The van der Waals surface area contributed by atoms with Gasteiger partial charge in [-0.1, -0.05) is 70.4 Å². The Kier molecular flexibility index (Phi) is 25.8. The normalized spacial score (nSPS) is 12.6. The summed E-state index contributed by atoms with van der Waals surface area (Å²) in [6, 6.07) is 0. The van der Waals surface area contributed by atoms with Crippen LogP contribution in [0.4, 0.5) is 0 Å². The molecule has 0 spiro atoms. The number of hydrogen-bond acceptors (Lipinski definition) is 6. The molecule has 0 heterocycles. The molecule has 190 valence electrons. The molecule has 6 heteroatoms. The van der Waals surface area contributed by atoms with E-state index in [1.54, 1.807) is 0 Å². The second-order valence-corrected chi connectivity index (χ2v) is 8.34. The maximum Gasteiger partial charge on any atom is 0.163 e. The fourth-order valence-electron chi connectivity index (χ4n) is 3.33. The fraction of sp³-hybridized carbons (Fsp3) is 0.885. The van der Waals surface area contributed by atoms with Crippen molar-refractivity contribution in [3.8, 4) is 0 Å². The number of Topliss-reactive ketones (excluding diaryl/α,β-unsaturated/α-hetero) is 1. The van der Waals surface area contributed by atoms with Crippen LogP contribution in [-0.4, -0.2) is 68.3 Å². The first-order valence-electron chi connectivity index (χ1n) is 12.9. The lowest BCUT2D eigenvalue weighted by Crippen LogP contribution is -2.26. The highest BCUT2D eigenvalue weighted by molar-refractivity contribution is 5.82. The van der Waals surface area contributed by atoms with Crippen LogP contribution in [0.5, 0.6) is 0 Å². The molecule has 1 atom stereocenters. The van der Waals surface area contributed by atoms with Crippen molar-refractivity contribution in [2.45, 2.75) is 103 Å². The molecular weight excluding hydrogens is 408 g/mol. The number of unbranched alkanes of at least 4 members (excludes halogenated alkanes) is 11. The van der Waals surface area contributed by atoms with Crippen LogP contribution >= 0.6 is 0 Å². The van der Waals surface area contributed by atoms with Gasteiger partial charge >= 0.3 is 0 Å². The first-order valence-corrected chi connectivity index (χ1v) is 12.9. The van der Waals surface area contributed by atoms with Gasteiger partial charge in [0.05, 0.1) is 46.2 Å². The molecule has 0 aliphatic carbocycles. The lowest BCUT2D eigenvalue weighted by molar-refractivity contribution is -0.130. The average Bonchev–Trinajstić information content (AvgIpc) is 2.80. The van der Waals surface area contributed by atoms with Crippen LogP contribution in [0.3, 0.4) is 0 Å². The van der Waals surface area contributed by atoms with E-state index in [1.807, 2.05) is 0 Å². The summed E-state index contributed by atoms with van der Waals surface area (Å²) in [7, 11) is 0. The minimum absolute atomic E-state index is 0.00598. The third-order valence-corrected chi connectivity index (χ3v) is 5.31. The minimum atomic E-state index is -1.04. The SMILES string of the molecule is CCCCCCCC/C=C\CCCCCCCC(=O)C(O)COCCOCCOCCO. The fourth-order valence-corrected chi connectivity index (χ4v) is 3.33. The van der Waals surface area contributed by atoms with Gasteiger partial charge in [-0.05, 0) is 32.1 Å². The van der Waals surface area contributed by atoms with E-state index in [2.05, 4.69) is 19.1 Å². The Balaban J connectivity index is 3.34. The van der Waals surface area contributed by atoms with Gasteiger partial charge in [0.1, 0.15) is 6.10 Å². The summed E-state index contributed by atoms with van der Waals surface area (Å²) in [6.07, 6.45) is 20.0. The molecule has 2 N–H and O–H groups in total. The Morgan fingerprint density at radius 3 is 1.81 bits per heavy atom. The van der Waals surface area contributed by atoms with Crippen molar-refractivity contribution in [3.05, 3.63) is 12.2 Å². The zero-order valence-electron chi connectivity index (χ0n) is 20.6. The van der Waals surface area contributed by atoms with Gasteiger partial charge in [-0.25, -0.2) is 0 Å². The number of aliphatic hydroxyl groups excluding tert-OH is 2. The van der Waals surface area contributed by atoms with Gasteiger partial charge in [-0.2, -0.15) is 0 Å². The first-order chi connectivity index (χ1) is 15.7. The lowest BCUT2D eigenvalue weighted by atomic mass is 10.1. The predicted octanol–water partition coefficient (Wildman–Crippen LogP) is 5.00. The van der Waals surface area contributed by atoms with Crippen LogP contribution in [0.15, 0.2) is 12.2 Å². The van der Waals surface area contributed by atoms with E-state index in [0.717, 1.165) is 25.7 Å². The van der Waals surface area contributed by atoms with E-state index in [0.29, 0.717) is 39.5 Å². The Hall–Kier alpha value is -0.790. The number of aliphatic hydroxyl groups is 2. The maximum atomic E-state index is 11.9. The van der Waals surface area contributed by atoms with Crippen molar-refractivity contribution in [1.82, 2.24) is 0 Å². The summed E-state index contributed by atoms with van der Waals surface area (Å²) in [5.74, 6) is -0.138. The third kappa shape index (κ3) is 23.9. The maximum absolute atomic E-state index is 11.9. The molecule has 0 bridgehead atoms. The summed E-state index contributed by atoms with van der Waals surface area (Å²) in [4.78, 5) is 11.9. The number of carbonyl (C=O) groups is 1. The molecule has 0 aliphatic rings. The van der Waals surface area contributed by atoms with Gasteiger partial charge in [0.25, 0.3) is 0 Å². The highest BCUT2D eigenvalue weighted by Gasteiger charge is 2.14. The van der Waals surface area contributed by atoms with E-state index >= 15 is 0 Å². The van der Waals surface area contributed by atoms with E-state index in [9.17, 15) is 9.90 Å². The smallest absolute Gasteiger partial charge is 0.163 e. The van der Waals surface area contributed by atoms with Gasteiger partial charge in [0, 0.05) is 6.42 Å². The number of carbonyl (C=O) groups excluding carboxylic acids is 1. The summed E-state index contributed by atoms with van der Waals surface area (Å²) in [6.45, 7) is 4.17. The van der Waals surface area contributed by atoms with Crippen molar-refractivity contribution < 1.29 is 29.2 Å². The molecule has 0 aromatic heterocycles. The summed E-state index contributed by atoms with van der Waals surface area (Å²) >= 11 is 0. The van der Waals surface area contributed by atoms with Crippen LogP contribution in [0.25, 0.3) is 0 Å². The summed E-state index contributed by atoms with van der Waals surface area (Å²) in [5, 5.41) is 18.4. The van der Waals surface area contributed by atoms with Gasteiger partial charge in [-0.3, -0.25) is 4.79 Å². The van der Waals surface area contributed by atoms with Gasteiger partial charge in [0.15, 0.2) is 5.78 Å². The van der Waals surface area contributed by atoms with Crippen molar-refractivity contribution in [1.29, 1.82) is 0 Å². The third-order valence-electron chi connectivity index (χ3n) is 5.31. The van der Waals surface area contributed by atoms with Crippen molar-refractivity contribution in [3.63, 3.8) is 0 Å². The molecule has 0 radical (unpaired) electrons. The number of hydrogen-bond donors (Lipinski definition) is 2. The van der Waals surface area contributed by atoms with Crippen LogP contribution in [0, 0.1) is 0 Å². The summed E-state index contributed by atoms with van der Waals surface area (Å²) in [5.41, 5.74) is 0. The number of ketones is 1. The summed E-state index contributed by atoms with van der Waals surface area (Å²) < 4.78 is 15.6. The van der Waals surface area contributed by atoms with Gasteiger partial charge in [-0.15, -0.1) is 0 Å². The van der Waals surface area contributed by atoms with E-state index in [-0.39, 0.29) is 19.0 Å². The minimum Gasteiger partial charge on any atom is -0.394 e. The topological polar surface area (TPSA) is 85.2 Å². The molecule has 6 nitrogen and oxygen atoms in total. The number of allylic oxidation sites excluding steroid dienone is 2. The standard InChI is InChI=1S/C26H50O6/c1-2-3-4-5-6-7-8-9-10-11-12-13-14-15-16-17-25(28)26(29)24-32-23-22-31-21-20-30-19-18-27/h9-10,26-27,29H,2-8,11-24H2,1H3/b10-9-. The van der Waals surface area contributed by atoms with Crippen LogP contribution in [0.1, 0.15) is 96.8 Å². The largest absolute Gasteiger partial charge is 0.394 e. The van der Waals surface area contributed by atoms with Crippen molar-refractivity contribution in [2.75, 3.05) is 46.2 Å². The highest BCUT2D eigenvalue weighted by atomic mass is 16.5. The van der Waals surface area contributed by atoms with Gasteiger partial charge < -0.3 is 24.4 Å². The van der Waals surface area contributed by atoms with Crippen LogP contribution in [-0.2, 0) is 19.0 Å². The molecule has 0 amide bonds. The molecular formula is C26H50O6. The Bertz CT molecular complexity index is 413. The average molecular weight is 459 g/mol. The van der Waals surface area contributed by atoms with Crippen LogP contribution < -0.4 is 0 Å². The Morgan fingerprint density at radius 1 is 0.719 bits per heavy atom. The molecule has 32 heavy (non-hydrogen) atoms. The molecule has 0 saturated heterocycles. The number of rotatable bonds is 26. The van der Waals surface area contributed by atoms with Gasteiger partial charge in [0.2, 0.25) is 0 Å². The van der Waals surface area contributed by atoms with Crippen molar-refractivity contribution in [2.24, 2.45) is 0 Å². The van der Waals surface area contributed by atoms with Crippen LogP contribution in [0.2, 0.25) is 0 Å².